The molecule has 0 aromatic rings. The molecule has 1 N–H and O–H groups in total. The molecule has 1 aliphatic carbocycles. The lowest BCUT2D eigenvalue weighted by Crippen LogP contribution is -2.33. The van der Waals surface area contributed by atoms with Crippen LogP contribution < -0.4 is 0 Å². The maximum absolute atomic E-state index is 11.6. The highest BCUT2D eigenvalue weighted by Gasteiger charge is 2.37. The van der Waals surface area contributed by atoms with E-state index < -0.39 is 6.10 Å². The van der Waals surface area contributed by atoms with Crippen molar-refractivity contribution in [1.29, 1.82) is 0 Å². The third-order valence-corrected chi connectivity index (χ3v) is 6.75. The van der Waals surface area contributed by atoms with Crippen LogP contribution in [0.25, 0.3) is 0 Å². The van der Waals surface area contributed by atoms with Gasteiger partial charge in [0.15, 0.2) is 0 Å². The third kappa shape index (κ3) is 2.96. The van der Waals surface area contributed by atoms with Gasteiger partial charge in [-0.3, -0.25) is 4.79 Å². The van der Waals surface area contributed by atoms with E-state index in [1.165, 1.54) is 17.9 Å². The summed E-state index contributed by atoms with van der Waals surface area (Å²) < 4.78 is 0.126. The van der Waals surface area contributed by atoms with Crippen LogP contribution in [0.1, 0.15) is 39.0 Å². The van der Waals surface area contributed by atoms with Crippen LogP contribution in [0.5, 0.6) is 0 Å². The average Bonchev–Trinajstić information content (AvgIpc) is 2.65. The molecule has 0 bridgehead atoms. The minimum absolute atomic E-state index is 0.0695. The normalized spacial score (nSPS) is 31.6. The minimum Gasteiger partial charge on any atom is -0.392 e. The molecule has 0 radical (unpaired) electrons. The number of carbonyl (C=O) groups is 1. The number of rotatable bonds is 3. The number of ketones is 1. The molecule has 0 spiro atoms. The van der Waals surface area contributed by atoms with E-state index in [0.29, 0.717) is 6.42 Å². The monoisotopic (exact) mass is 260 g/mol. The second kappa shape index (κ2) is 5.32. The fourth-order valence-corrected chi connectivity index (χ4v) is 5.60. The lowest BCUT2D eigenvalue weighted by molar-refractivity contribution is -0.123. The van der Waals surface area contributed by atoms with Crippen molar-refractivity contribution in [2.24, 2.45) is 5.92 Å². The summed E-state index contributed by atoms with van der Waals surface area (Å²) in [6.07, 6.45) is 4.15. The molecule has 0 unspecified atom stereocenters. The molecule has 2 atom stereocenters. The molecule has 2 rings (SSSR count). The van der Waals surface area contributed by atoms with Gasteiger partial charge in [-0.1, -0.05) is 0 Å². The summed E-state index contributed by atoms with van der Waals surface area (Å²) in [7, 11) is 0. The Bertz CT molecular complexity index is 262. The first-order valence-electron chi connectivity index (χ1n) is 6.09. The van der Waals surface area contributed by atoms with E-state index in [4.69, 9.17) is 0 Å². The van der Waals surface area contributed by atoms with Crippen LogP contribution in [-0.2, 0) is 4.79 Å². The van der Waals surface area contributed by atoms with Crippen molar-refractivity contribution in [3.8, 4) is 0 Å². The van der Waals surface area contributed by atoms with Crippen molar-refractivity contribution in [3.05, 3.63) is 0 Å². The Hall–Kier alpha value is 0.330. The minimum atomic E-state index is -0.418. The molecule has 1 saturated carbocycles. The predicted octanol–water partition coefficient (Wildman–Crippen LogP) is 2.69. The van der Waals surface area contributed by atoms with E-state index in [1.54, 1.807) is 0 Å². The highest BCUT2D eigenvalue weighted by Crippen LogP contribution is 2.46. The maximum atomic E-state index is 11.6. The Morgan fingerprint density at radius 1 is 1.44 bits per heavy atom. The van der Waals surface area contributed by atoms with Crippen LogP contribution >= 0.6 is 23.5 Å². The Morgan fingerprint density at radius 2 is 2.12 bits per heavy atom. The van der Waals surface area contributed by atoms with Crippen LogP contribution in [0, 0.1) is 5.92 Å². The van der Waals surface area contributed by atoms with Gasteiger partial charge < -0.3 is 5.11 Å². The predicted molar refractivity (Wildman–Crippen MR) is 70.9 cm³/mol. The lowest BCUT2D eigenvalue weighted by Gasteiger charge is -2.35. The van der Waals surface area contributed by atoms with Gasteiger partial charge in [0.25, 0.3) is 0 Å². The molecule has 0 amide bonds. The van der Waals surface area contributed by atoms with Crippen molar-refractivity contribution < 1.29 is 9.90 Å². The average molecular weight is 260 g/mol. The number of Topliss-reactive ketones (excluding diaryl/α,β-unsaturated/α-hetero) is 1. The van der Waals surface area contributed by atoms with Gasteiger partial charge in [-0.15, -0.1) is 23.5 Å². The quantitative estimate of drug-likeness (QED) is 0.846. The molecular formula is C12H20O2S2. The maximum Gasteiger partial charge on any atom is 0.138 e. The van der Waals surface area contributed by atoms with Gasteiger partial charge in [-0.05, 0) is 44.1 Å². The highest BCUT2D eigenvalue weighted by molar-refractivity contribution is 8.18. The van der Waals surface area contributed by atoms with Gasteiger partial charge in [0.2, 0.25) is 0 Å². The standard InChI is InChI=1S/C12H20O2S2/c1-12(15-6-3-7-16-12)8-11(14)9-4-2-5-10(9)13/h9,11,14H,2-8H2,1H3/t9-,11-/m0/s1. The van der Waals surface area contributed by atoms with Crippen molar-refractivity contribution >= 4 is 29.3 Å². The van der Waals surface area contributed by atoms with Crippen molar-refractivity contribution in [2.75, 3.05) is 11.5 Å². The second-order valence-corrected chi connectivity index (χ2v) is 8.38. The van der Waals surface area contributed by atoms with Gasteiger partial charge >= 0.3 is 0 Å². The molecule has 2 aliphatic rings. The Morgan fingerprint density at radius 3 is 2.69 bits per heavy atom. The number of hydrogen-bond donors (Lipinski definition) is 1. The molecule has 0 aromatic carbocycles. The first kappa shape index (κ1) is 12.8. The first-order valence-corrected chi connectivity index (χ1v) is 8.06. The molecule has 92 valence electrons. The van der Waals surface area contributed by atoms with Crippen molar-refractivity contribution in [2.45, 2.75) is 49.2 Å². The Balaban J connectivity index is 1.90. The van der Waals surface area contributed by atoms with Crippen LogP contribution in [0.15, 0.2) is 0 Å². The Kier molecular flexibility index (Phi) is 4.25. The zero-order valence-electron chi connectivity index (χ0n) is 9.78. The van der Waals surface area contributed by atoms with Crippen LogP contribution in [0.4, 0.5) is 0 Å². The van der Waals surface area contributed by atoms with E-state index in [-0.39, 0.29) is 15.8 Å². The number of thioether (sulfide) groups is 2. The summed E-state index contributed by atoms with van der Waals surface area (Å²) >= 11 is 3.89. The molecule has 2 fully saturated rings. The Labute approximate surface area is 106 Å². The fourth-order valence-electron chi connectivity index (χ4n) is 2.57. The molecular weight excluding hydrogens is 240 g/mol. The van der Waals surface area contributed by atoms with Gasteiger partial charge in [-0.25, -0.2) is 0 Å². The van der Waals surface area contributed by atoms with Gasteiger partial charge in [0.1, 0.15) is 5.78 Å². The third-order valence-electron chi connectivity index (χ3n) is 3.50. The summed E-state index contributed by atoms with van der Waals surface area (Å²) in [5.41, 5.74) is 0. The van der Waals surface area contributed by atoms with Crippen LogP contribution in [0.3, 0.4) is 0 Å². The SMILES string of the molecule is CC1(C[C@H](O)[C@H]2CCCC2=O)SCCCS1. The number of hydrogen-bond acceptors (Lipinski definition) is 4. The van der Waals surface area contributed by atoms with Crippen LogP contribution in [-0.4, -0.2) is 32.6 Å². The molecule has 0 aromatic heterocycles. The zero-order valence-corrected chi connectivity index (χ0v) is 11.4. The molecule has 1 saturated heterocycles. The number of aliphatic hydroxyl groups excluding tert-OH is 1. The molecule has 2 nitrogen and oxygen atoms in total. The summed E-state index contributed by atoms with van der Waals surface area (Å²) in [5.74, 6) is 2.59. The van der Waals surface area contributed by atoms with Gasteiger partial charge in [-0.2, -0.15) is 0 Å². The van der Waals surface area contributed by atoms with Gasteiger partial charge in [0, 0.05) is 12.3 Å². The highest BCUT2D eigenvalue weighted by atomic mass is 32.2. The van der Waals surface area contributed by atoms with Crippen LogP contribution in [0.2, 0.25) is 0 Å². The molecule has 1 heterocycles. The molecule has 16 heavy (non-hydrogen) atoms. The summed E-state index contributed by atoms with van der Waals surface area (Å²) in [5, 5.41) is 10.2. The lowest BCUT2D eigenvalue weighted by atomic mass is 9.96. The fraction of sp³-hybridized carbons (Fsp3) is 0.917. The van der Waals surface area contributed by atoms with E-state index in [0.717, 1.165) is 19.3 Å². The van der Waals surface area contributed by atoms with Gasteiger partial charge in [0.05, 0.1) is 10.2 Å². The number of aliphatic hydroxyl groups is 1. The van der Waals surface area contributed by atoms with Crippen molar-refractivity contribution in [3.63, 3.8) is 0 Å². The largest absolute Gasteiger partial charge is 0.392 e. The van der Waals surface area contributed by atoms with E-state index >= 15 is 0 Å². The van der Waals surface area contributed by atoms with E-state index in [9.17, 15) is 9.90 Å². The van der Waals surface area contributed by atoms with Crippen molar-refractivity contribution in [1.82, 2.24) is 0 Å². The first-order chi connectivity index (χ1) is 7.61. The number of carbonyl (C=O) groups excluding carboxylic acids is 1. The second-order valence-electron chi connectivity index (χ2n) is 4.92. The van der Waals surface area contributed by atoms with E-state index in [2.05, 4.69) is 6.92 Å². The molecule has 4 heteroatoms. The molecule has 1 aliphatic heterocycles. The smallest absolute Gasteiger partial charge is 0.138 e. The zero-order chi connectivity index (χ0) is 11.6. The summed E-state index contributed by atoms with van der Waals surface area (Å²) in [6, 6.07) is 0. The topological polar surface area (TPSA) is 37.3 Å². The summed E-state index contributed by atoms with van der Waals surface area (Å²) in [6.45, 7) is 2.21. The van der Waals surface area contributed by atoms with E-state index in [1.807, 2.05) is 23.5 Å². The summed E-state index contributed by atoms with van der Waals surface area (Å²) in [4.78, 5) is 11.6.